The third kappa shape index (κ3) is 2.12. The predicted octanol–water partition coefficient (Wildman–Crippen LogP) is 1.49. The average Bonchev–Trinajstić information content (AvgIpc) is 2.18. The van der Waals surface area contributed by atoms with Crippen molar-refractivity contribution in [1.82, 2.24) is 0 Å². The third-order valence-corrected chi connectivity index (χ3v) is 2.17. The maximum atomic E-state index is 10.4. The van der Waals surface area contributed by atoms with Gasteiger partial charge in [-0.15, -0.1) is 0 Å². The first kappa shape index (κ1) is 10.7. The molecule has 1 aromatic rings. The van der Waals surface area contributed by atoms with E-state index in [-0.39, 0.29) is 6.42 Å². The lowest BCUT2D eigenvalue weighted by Gasteiger charge is -2.23. The highest BCUT2D eigenvalue weighted by atomic mass is 16.5. The van der Waals surface area contributed by atoms with E-state index in [1.807, 2.05) is 6.07 Å². The standard InChI is InChI=1S/C11H14O3/c1-11(13,7-8-12)9-5-3-4-6-10(9)14-2/h3-6,8,13H,7H2,1-2H3. The van der Waals surface area contributed by atoms with E-state index in [0.29, 0.717) is 17.6 Å². The lowest BCUT2D eigenvalue weighted by Crippen LogP contribution is -2.22. The van der Waals surface area contributed by atoms with Gasteiger partial charge in [-0.2, -0.15) is 0 Å². The summed E-state index contributed by atoms with van der Waals surface area (Å²) < 4.78 is 5.10. The van der Waals surface area contributed by atoms with Crippen LogP contribution in [0.4, 0.5) is 0 Å². The summed E-state index contributed by atoms with van der Waals surface area (Å²) in [5.41, 5.74) is -0.524. The largest absolute Gasteiger partial charge is 0.496 e. The summed E-state index contributed by atoms with van der Waals surface area (Å²) in [5, 5.41) is 9.99. The van der Waals surface area contributed by atoms with Crippen LogP contribution < -0.4 is 4.74 Å². The normalized spacial score (nSPS) is 14.5. The molecule has 1 atom stereocenters. The number of hydrogen-bond acceptors (Lipinski definition) is 3. The Kier molecular flexibility index (Phi) is 3.25. The molecule has 0 radical (unpaired) electrons. The van der Waals surface area contributed by atoms with Gasteiger partial charge >= 0.3 is 0 Å². The zero-order valence-electron chi connectivity index (χ0n) is 8.36. The van der Waals surface area contributed by atoms with E-state index in [2.05, 4.69) is 0 Å². The molecular formula is C11H14O3. The van der Waals surface area contributed by atoms with Crippen molar-refractivity contribution in [1.29, 1.82) is 0 Å². The van der Waals surface area contributed by atoms with Crippen LogP contribution in [0.2, 0.25) is 0 Å². The molecule has 0 saturated heterocycles. The number of ether oxygens (including phenoxy) is 1. The number of carbonyl (C=O) groups excluding carboxylic acids is 1. The number of benzene rings is 1. The second kappa shape index (κ2) is 4.24. The average molecular weight is 194 g/mol. The van der Waals surface area contributed by atoms with Crippen LogP contribution in [-0.4, -0.2) is 18.5 Å². The molecule has 3 nitrogen and oxygen atoms in total. The molecular weight excluding hydrogens is 180 g/mol. The minimum atomic E-state index is -1.16. The Bertz CT molecular complexity index is 318. The molecule has 0 aliphatic heterocycles. The van der Waals surface area contributed by atoms with Crippen LogP contribution in [0.3, 0.4) is 0 Å². The third-order valence-electron chi connectivity index (χ3n) is 2.17. The van der Waals surface area contributed by atoms with Gasteiger partial charge in [0.05, 0.1) is 12.7 Å². The zero-order valence-corrected chi connectivity index (χ0v) is 8.36. The van der Waals surface area contributed by atoms with E-state index >= 15 is 0 Å². The Labute approximate surface area is 83.3 Å². The van der Waals surface area contributed by atoms with Gasteiger partial charge in [0, 0.05) is 12.0 Å². The number of aliphatic hydroxyl groups is 1. The number of rotatable bonds is 4. The molecule has 1 rings (SSSR count). The first-order valence-corrected chi connectivity index (χ1v) is 4.41. The second-order valence-corrected chi connectivity index (χ2v) is 3.34. The van der Waals surface area contributed by atoms with Crippen LogP contribution in [0.15, 0.2) is 24.3 Å². The molecule has 1 aromatic carbocycles. The molecule has 0 fully saturated rings. The Morgan fingerprint density at radius 2 is 2.14 bits per heavy atom. The monoisotopic (exact) mass is 194 g/mol. The van der Waals surface area contributed by atoms with Crippen LogP contribution >= 0.6 is 0 Å². The highest BCUT2D eigenvalue weighted by Gasteiger charge is 2.25. The summed E-state index contributed by atoms with van der Waals surface area (Å²) in [4.78, 5) is 10.4. The second-order valence-electron chi connectivity index (χ2n) is 3.34. The van der Waals surface area contributed by atoms with E-state index < -0.39 is 5.60 Å². The van der Waals surface area contributed by atoms with Crippen molar-refractivity contribution in [2.45, 2.75) is 18.9 Å². The van der Waals surface area contributed by atoms with Crippen LogP contribution in [0.5, 0.6) is 5.75 Å². The SMILES string of the molecule is COc1ccccc1C(C)(O)CC=O. The van der Waals surface area contributed by atoms with Crippen LogP contribution in [0.1, 0.15) is 18.9 Å². The first-order chi connectivity index (χ1) is 6.61. The molecule has 0 heterocycles. The van der Waals surface area contributed by atoms with Crippen LogP contribution in [-0.2, 0) is 10.4 Å². The molecule has 14 heavy (non-hydrogen) atoms. The van der Waals surface area contributed by atoms with Crippen molar-refractivity contribution in [3.63, 3.8) is 0 Å². The van der Waals surface area contributed by atoms with Crippen molar-refractivity contribution in [2.75, 3.05) is 7.11 Å². The van der Waals surface area contributed by atoms with Crippen molar-refractivity contribution in [2.24, 2.45) is 0 Å². The maximum Gasteiger partial charge on any atom is 0.124 e. The minimum Gasteiger partial charge on any atom is -0.496 e. The molecule has 0 aromatic heterocycles. The summed E-state index contributed by atoms with van der Waals surface area (Å²) in [6, 6.07) is 7.13. The fourth-order valence-electron chi connectivity index (χ4n) is 1.36. The topological polar surface area (TPSA) is 46.5 Å². The van der Waals surface area contributed by atoms with Crippen LogP contribution in [0.25, 0.3) is 0 Å². The van der Waals surface area contributed by atoms with E-state index in [1.165, 1.54) is 7.11 Å². The molecule has 76 valence electrons. The van der Waals surface area contributed by atoms with Gasteiger partial charge in [0.1, 0.15) is 12.0 Å². The fourth-order valence-corrected chi connectivity index (χ4v) is 1.36. The quantitative estimate of drug-likeness (QED) is 0.739. The van der Waals surface area contributed by atoms with Gasteiger partial charge in [-0.1, -0.05) is 18.2 Å². The van der Waals surface area contributed by atoms with Crippen LogP contribution in [0, 0.1) is 0 Å². The highest BCUT2D eigenvalue weighted by Crippen LogP contribution is 2.31. The van der Waals surface area contributed by atoms with Gasteiger partial charge < -0.3 is 14.6 Å². The smallest absolute Gasteiger partial charge is 0.124 e. The lowest BCUT2D eigenvalue weighted by molar-refractivity contribution is -0.112. The molecule has 0 saturated carbocycles. The highest BCUT2D eigenvalue weighted by molar-refractivity contribution is 5.53. The maximum absolute atomic E-state index is 10.4. The first-order valence-electron chi connectivity index (χ1n) is 4.41. The van der Waals surface area contributed by atoms with E-state index in [9.17, 15) is 9.90 Å². The van der Waals surface area contributed by atoms with Crippen molar-refractivity contribution in [3.05, 3.63) is 29.8 Å². The summed E-state index contributed by atoms with van der Waals surface area (Å²) >= 11 is 0. The van der Waals surface area contributed by atoms with Crippen molar-refractivity contribution < 1.29 is 14.6 Å². The molecule has 1 N–H and O–H groups in total. The van der Waals surface area contributed by atoms with Gasteiger partial charge in [0.15, 0.2) is 0 Å². The van der Waals surface area contributed by atoms with Crippen molar-refractivity contribution >= 4 is 6.29 Å². The van der Waals surface area contributed by atoms with Crippen molar-refractivity contribution in [3.8, 4) is 5.75 Å². The Hall–Kier alpha value is -1.35. The minimum absolute atomic E-state index is 0.0629. The molecule has 3 heteroatoms. The van der Waals surface area contributed by atoms with Gasteiger partial charge in [-0.25, -0.2) is 0 Å². The number of methoxy groups -OCH3 is 1. The Balaban J connectivity index is 3.09. The van der Waals surface area contributed by atoms with Gasteiger partial charge in [0.25, 0.3) is 0 Å². The Morgan fingerprint density at radius 1 is 1.50 bits per heavy atom. The number of aldehydes is 1. The zero-order chi connectivity index (χ0) is 10.6. The fraction of sp³-hybridized carbons (Fsp3) is 0.364. The van der Waals surface area contributed by atoms with E-state index in [4.69, 9.17) is 4.74 Å². The molecule has 0 bridgehead atoms. The predicted molar refractivity (Wildman–Crippen MR) is 53.2 cm³/mol. The molecule has 0 aliphatic carbocycles. The molecule has 0 spiro atoms. The number of carbonyl (C=O) groups is 1. The van der Waals surface area contributed by atoms with Gasteiger partial charge in [-0.3, -0.25) is 0 Å². The Morgan fingerprint density at radius 3 is 2.71 bits per heavy atom. The molecule has 0 amide bonds. The summed E-state index contributed by atoms with van der Waals surface area (Å²) in [6.07, 6.45) is 0.764. The lowest BCUT2D eigenvalue weighted by atomic mass is 9.92. The number of para-hydroxylation sites is 1. The van der Waals surface area contributed by atoms with Gasteiger partial charge in [0.2, 0.25) is 0 Å². The van der Waals surface area contributed by atoms with Gasteiger partial charge in [-0.05, 0) is 13.0 Å². The summed E-state index contributed by atoms with van der Waals surface area (Å²) in [7, 11) is 1.54. The summed E-state index contributed by atoms with van der Waals surface area (Å²) in [6.45, 7) is 1.60. The molecule has 1 unspecified atom stereocenters. The molecule has 0 aliphatic rings. The van der Waals surface area contributed by atoms with E-state index in [0.717, 1.165) is 0 Å². The van der Waals surface area contributed by atoms with E-state index in [1.54, 1.807) is 25.1 Å². The summed E-state index contributed by atoms with van der Waals surface area (Å²) in [5.74, 6) is 0.597. The number of hydrogen-bond donors (Lipinski definition) is 1.